The average Bonchev–Trinajstić information content (AvgIpc) is 3.20. The Hall–Kier alpha value is -3.33. The van der Waals surface area contributed by atoms with E-state index in [0.717, 1.165) is 22.2 Å². The first-order valence-corrected chi connectivity index (χ1v) is 13.8. The Bertz CT molecular complexity index is 1270. The SMILES string of the molecule is CNc1ccc2c(c1)c(C(C)(C)[C@H](NC)C(=O)N[C@H](C(=O)N(C)[C@H](/C=C(\C)C(=O)O)C(C)C)C(C)(C)C)cn2C. The molecular formula is C31H49N5O4. The van der Waals surface area contributed by atoms with Gasteiger partial charge in [-0.1, -0.05) is 54.5 Å². The van der Waals surface area contributed by atoms with Crippen molar-refractivity contribution in [3.63, 3.8) is 0 Å². The highest BCUT2D eigenvalue weighted by Crippen LogP contribution is 2.36. The van der Waals surface area contributed by atoms with E-state index in [9.17, 15) is 19.5 Å². The van der Waals surface area contributed by atoms with Crippen LogP contribution in [0.5, 0.6) is 0 Å². The van der Waals surface area contributed by atoms with Crippen molar-refractivity contribution in [1.82, 2.24) is 20.1 Å². The molecule has 0 aliphatic rings. The number of carbonyl (C=O) groups excluding carboxylic acids is 2. The number of likely N-dealkylation sites (N-methyl/N-ethyl adjacent to an activating group) is 2. The van der Waals surface area contributed by atoms with E-state index in [-0.39, 0.29) is 23.3 Å². The Morgan fingerprint density at radius 2 is 1.65 bits per heavy atom. The van der Waals surface area contributed by atoms with Gasteiger partial charge in [0.25, 0.3) is 0 Å². The van der Waals surface area contributed by atoms with E-state index in [1.54, 1.807) is 25.1 Å². The number of amides is 2. The molecule has 4 N–H and O–H groups in total. The second-order valence-corrected chi connectivity index (χ2v) is 12.7. The summed E-state index contributed by atoms with van der Waals surface area (Å²) in [6.07, 6.45) is 3.66. The van der Waals surface area contributed by atoms with Gasteiger partial charge in [-0.3, -0.25) is 9.59 Å². The third-order valence-corrected chi connectivity index (χ3v) is 7.88. The molecule has 0 saturated carbocycles. The molecule has 0 radical (unpaired) electrons. The number of hydrogen-bond acceptors (Lipinski definition) is 5. The van der Waals surface area contributed by atoms with Crippen LogP contribution in [0.3, 0.4) is 0 Å². The summed E-state index contributed by atoms with van der Waals surface area (Å²) in [5.74, 6) is -1.61. The predicted molar refractivity (Wildman–Crippen MR) is 163 cm³/mol. The van der Waals surface area contributed by atoms with Crippen LogP contribution in [-0.4, -0.2) is 71.6 Å². The number of carboxylic acid groups (broad SMARTS) is 1. The van der Waals surface area contributed by atoms with E-state index in [4.69, 9.17) is 0 Å². The third-order valence-electron chi connectivity index (χ3n) is 7.88. The monoisotopic (exact) mass is 555 g/mol. The highest BCUT2D eigenvalue weighted by molar-refractivity contribution is 5.93. The lowest BCUT2D eigenvalue weighted by Gasteiger charge is -2.39. The molecule has 0 saturated heterocycles. The fraction of sp³-hybridized carbons (Fsp3) is 0.581. The molecular weight excluding hydrogens is 506 g/mol. The van der Waals surface area contributed by atoms with Crippen molar-refractivity contribution in [3.05, 3.63) is 41.6 Å². The summed E-state index contributed by atoms with van der Waals surface area (Å²) in [5, 5.41) is 19.9. The number of rotatable bonds is 11. The molecule has 1 aromatic heterocycles. The minimum Gasteiger partial charge on any atom is -0.478 e. The van der Waals surface area contributed by atoms with E-state index >= 15 is 0 Å². The van der Waals surface area contributed by atoms with E-state index in [1.165, 1.54) is 6.92 Å². The zero-order chi connectivity index (χ0) is 30.7. The quantitative estimate of drug-likeness (QED) is 0.310. The summed E-state index contributed by atoms with van der Waals surface area (Å²) in [7, 11) is 7.29. The highest BCUT2D eigenvalue weighted by Gasteiger charge is 2.42. The van der Waals surface area contributed by atoms with Gasteiger partial charge in [0.15, 0.2) is 0 Å². The van der Waals surface area contributed by atoms with Crippen molar-refractivity contribution in [1.29, 1.82) is 0 Å². The van der Waals surface area contributed by atoms with Gasteiger partial charge in [0.05, 0.1) is 12.1 Å². The molecule has 40 heavy (non-hydrogen) atoms. The lowest BCUT2D eigenvalue weighted by Crippen LogP contribution is -2.61. The molecule has 2 amide bonds. The smallest absolute Gasteiger partial charge is 0.331 e. The number of aliphatic carboxylic acids is 1. The Balaban J connectivity index is 2.47. The lowest BCUT2D eigenvalue weighted by atomic mass is 9.76. The maximum atomic E-state index is 14.0. The predicted octanol–water partition coefficient (Wildman–Crippen LogP) is 4.13. The van der Waals surface area contributed by atoms with Gasteiger partial charge in [0, 0.05) is 54.9 Å². The second-order valence-electron chi connectivity index (χ2n) is 12.7. The number of carboxylic acids is 1. The molecule has 9 heteroatoms. The standard InChI is InChI=1S/C31H49N5O4/c1-18(2)24(15-19(3)29(39)40)36(12)28(38)26(30(4,5)6)34-27(37)25(33-10)31(7,8)22-17-35(11)23-14-13-20(32-9)16-21(22)23/h13-18,24-26,32-33H,1-12H3,(H,34,37)(H,39,40)/b19-15+/t24-,25-,26-/m1/s1. The Morgan fingerprint density at radius 1 is 1.05 bits per heavy atom. The van der Waals surface area contributed by atoms with Gasteiger partial charge in [-0.2, -0.15) is 0 Å². The molecule has 0 aliphatic carbocycles. The Kier molecular flexibility index (Phi) is 10.2. The Morgan fingerprint density at radius 3 is 2.12 bits per heavy atom. The van der Waals surface area contributed by atoms with Gasteiger partial charge in [0.2, 0.25) is 11.8 Å². The molecule has 1 heterocycles. The first kappa shape index (κ1) is 32.9. The van der Waals surface area contributed by atoms with E-state index in [2.05, 4.69) is 38.8 Å². The van der Waals surface area contributed by atoms with Crippen LogP contribution in [-0.2, 0) is 26.8 Å². The van der Waals surface area contributed by atoms with Crippen LogP contribution in [0.1, 0.15) is 61.0 Å². The minimum atomic E-state index is -1.03. The summed E-state index contributed by atoms with van der Waals surface area (Å²) in [4.78, 5) is 40.9. The summed E-state index contributed by atoms with van der Waals surface area (Å²) in [6.45, 7) is 15.2. The van der Waals surface area contributed by atoms with Crippen molar-refractivity contribution >= 4 is 34.4 Å². The lowest BCUT2D eigenvalue weighted by molar-refractivity contribution is -0.141. The molecule has 2 rings (SSSR count). The van der Waals surface area contributed by atoms with Gasteiger partial charge in [-0.25, -0.2) is 4.79 Å². The van der Waals surface area contributed by atoms with Crippen molar-refractivity contribution in [3.8, 4) is 0 Å². The molecule has 222 valence electrons. The number of carbonyl (C=O) groups is 3. The molecule has 0 fully saturated rings. The van der Waals surface area contributed by atoms with Gasteiger partial charge in [-0.05, 0) is 49.1 Å². The second kappa shape index (κ2) is 12.5. The van der Waals surface area contributed by atoms with Gasteiger partial charge < -0.3 is 30.5 Å². The number of aromatic nitrogens is 1. The average molecular weight is 556 g/mol. The number of fused-ring (bicyclic) bond motifs is 1. The molecule has 1 aromatic carbocycles. The molecule has 0 bridgehead atoms. The fourth-order valence-electron chi connectivity index (χ4n) is 5.34. The number of aryl methyl sites for hydroxylation is 1. The normalized spacial score (nSPS) is 15.1. The van der Waals surface area contributed by atoms with Crippen molar-refractivity contribution in [2.45, 2.75) is 78.9 Å². The molecule has 3 atom stereocenters. The van der Waals surface area contributed by atoms with Crippen molar-refractivity contribution < 1.29 is 19.5 Å². The summed E-state index contributed by atoms with van der Waals surface area (Å²) >= 11 is 0. The van der Waals surface area contributed by atoms with Crippen LogP contribution in [0, 0.1) is 11.3 Å². The van der Waals surface area contributed by atoms with Crippen LogP contribution in [0.15, 0.2) is 36.0 Å². The van der Waals surface area contributed by atoms with Crippen LogP contribution in [0.4, 0.5) is 5.69 Å². The number of nitrogens with zero attached hydrogens (tertiary/aromatic N) is 2. The summed E-state index contributed by atoms with van der Waals surface area (Å²) < 4.78 is 2.06. The van der Waals surface area contributed by atoms with Crippen LogP contribution in [0.25, 0.3) is 10.9 Å². The van der Waals surface area contributed by atoms with E-state index in [1.807, 2.05) is 68.6 Å². The van der Waals surface area contributed by atoms with E-state index < -0.39 is 34.9 Å². The largest absolute Gasteiger partial charge is 0.478 e. The zero-order valence-electron chi connectivity index (χ0n) is 26.3. The minimum absolute atomic E-state index is 0.0302. The fourth-order valence-corrected chi connectivity index (χ4v) is 5.34. The molecule has 0 aliphatic heterocycles. The summed E-state index contributed by atoms with van der Waals surface area (Å²) in [5.41, 5.74) is 1.99. The molecule has 0 spiro atoms. The molecule has 9 nitrogen and oxygen atoms in total. The van der Waals surface area contributed by atoms with Gasteiger partial charge in [0.1, 0.15) is 6.04 Å². The van der Waals surface area contributed by atoms with Crippen molar-refractivity contribution in [2.75, 3.05) is 26.5 Å². The Labute approximate surface area is 239 Å². The van der Waals surface area contributed by atoms with Crippen LogP contribution >= 0.6 is 0 Å². The third kappa shape index (κ3) is 6.86. The van der Waals surface area contributed by atoms with Gasteiger partial charge in [-0.15, -0.1) is 0 Å². The van der Waals surface area contributed by atoms with Crippen molar-refractivity contribution in [2.24, 2.45) is 18.4 Å². The van der Waals surface area contributed by atoms with Crippen LogP contribution < -0.4 is 16.0 Å². The number of benzene rings is 1. The molecule has 0 unspecified atom stereocenters. The first-order chi connectivity index (χ1) is 18.4. The van der Waals surface area contributed by atoms with E-state index in [0.29, 0.717) is 0 Å². The maximum Gasteiger partial charge on any atom is 0.331 e. The van der Waals surface area contributed by atoms with Gasteiger partial charge >= 0.3 is 5.97 Å². The molecule has 2 aromatic rings. The van der Waals surface area contributed by atoms with Crippen LogP contribution in [0.2, 0.25) is 0 Å². The topological polar surface area (TPSA) is 116 Å². The summed E-state index contributed by atoms with van der Waals surface area (Å²) in [6, 6.07) is 4.25. The highest BCUT2D eigenvalue weighted by atomic mass is 16.4. The zero-order valence-corrected chi connectivity index (χ0v) is 26.3. The number of nitrogens with one attached hydrogen (secondary N) is 3. The maximum absolute atomic E-state index is 14.0. The number of hydrogen-bond donors (Lipinski definition) is 4. The number of anilines is 1. The first-order valence-electron chi connectivity index (χ1n) is 13.8.